The molecule has 35 heteroatoms. The number of rotatable bonds is 45. The maximum atomic E-state index is 13.8. The number of hydrogen-bond donors (Lipinski definition) is 12. The van der Waals surface area contributed by atoms with Crippen molar-refractivity contribution in [3.63, 3.8) is 0 Å². The molecule has 2 saturated heterocycles. The van der Waals surface area contributed by atoms with Crippen molar-refractivity contribution >= 4 is 110 Å². The van der Waals surface area contributed by atoms with Gasteiger partial charge in [0.25, 0.3) is 11.8 Å². The summed E-state index contributed by atoms with van der Waals surface area (Å²) in [4.78, 5) is 166. The van der Waals surface area contributed by atoms with Gasteiger partial charge in [-0.25, -0.2) is 9.59 Å². The highest BCUT2D eigenvalue weighted by Gasteiger charge is 2.29. The van der Waals surface area contributed by atoms with E-state index in [0.717, 1.165) is 27.5 Å². The van der Waals surface area contributed by atoms with Crippen LogP contribution in [-0.2, 0) is 75.0 Å². The van der Waals surface area contributed by atoms with E-state index in [-0.39, 0.29) is 149 Å². The molecule has 2 unspecified atom stereocenters. The molecule has 2 aliphatic heterocycles. The molecule has 3 heterocycles. The Labute approximate surface area is 629 Å². The summed E-state index contributed by atoms with van der Waals surface area (Å²) in [6.45, 7) is 4.38. The van der Waals surface area contributed by atoms with Crippen LogP contribution in [0.2, 0.25) is 0 Å². The number of aromatic nitrogens is 1. The number of halogens is 1. The van der Waals surface area contributed by atoms with Crippen molar-refractivity contribution in [1.82, 2.24) is 61.4 Å². The molecular formula is C71H102IN17O17. The first-order valence-corrected chi connectivity index (χ1v) is 36.6. The quantitative estimate of drug-likeness (QED) is 0.0182. The summed E-state index contributed by atoms with van der Waals surface area (Å²) in [5.41, 5.74) is 25.5. The highest BCUT2D eigenvalue weighted by atomic mass is 127. The third-order valence-corrected chi connectivity index (χ3v) is 18.0. The van der Waals surface area contributed by atoms with Crippen molar-refractivity contribution in [2.45, 2.75) is 88.8 Å². The van der Waals surface area contributed by atoms with E-state index in [0.29, 0.717) is 112 Å². The van der Waals surface area contributed by atoms with Crippen LogP contribution < -0.4 is 64.9 Å². The Morgan fingerprint density at radius 3 is 1.78 bits per heavy atom. The lowest BCUT2D eigenvalue weighted by Gasteiger charge is -2.38. The van der Waals surface area contributed by atoms with Gasteiger partial charge in [-0.1, -0.05) is 24.3 Å². The first-order chi connectivity index (χ1) is 51.0. The molecule has 4 aromatic rings. The summed E-state index contributed by atoms with van der Waals surface area (Å²) in [5, 5.41) is 29.8. The fourth-order valence-electron chi connectivity index (χ4n) is 11.8. The van der Waals surface area contributed by atoms with Crippen LogP contribution in [0.4, 0.5) is 10.5 Å². The molecule has 6 rings (SSSR count). The second-order valence-corrected chi connectivity index (χ2v) is 27.0. The number of nitrogens with zero attached hydrogens (tertiary/aromatic N) is 6. The number of carboxylic acid groups (broad SMARTS) is 1. The topological polar surface area (TPSA) is 479 Å². The number of nitrogens with two attached hydrogens (primary N) is 4. The molecule has 34 nitrogen and oxygen atoms in total. The Hall–Kier alpha value is -9.24. The molecule has 1 aromatic heterocycles. The van der Waals surface area contributed by atoms with E-state index >= 15 is 0 Å². The Balaban J connectivity index is 0.919. The Morgan fingerprint density at radius 2 is 1.14 bits per heavy atom. The van der Waals surface area contributed by atoms with Crippen molar-refractivity contribution in [3.05, 3.63) is 99.3 Å². The van der Waals surface area contributed by atoms with Gasteiger partial charge in [0.15, 0.2) is 6.61 Å². The molecule has 16 N–H and O–H groups in total. The minimum atomic E-state index is -1.30. The number of pyridine rings is 1. The molecule has 0 bridgehead atoms. The standard InChI is InChI=1S/C71H102IN17O17/c72-51-13-9-50(10-14-51)40-65(95)78-21-3-2-8-58(70(100)101)84-69(99)57(83-64(94)20-33-103-35-37-105-38-36-104-34-24-79-66(96)48-106-54-17-18-55-56(19-23-77-59(55)41-54)68(98)81-42-67(97)88-25-5-6-26-88)7-1-4-22-80-71(102)82-52-15-11-49(12-16-52)39-53-43-87(46-62(75)92)30-29-85(44-60(73)90)27-28-86(45-61(74)91)31-32-89(53)47-63(76)93/h9-19,23,41,53,57-58H,1-8,20-22,24-40,42-48H2,(H2,73,90)(H2,74,91)(H2,75,92)(H2,76,93)(H,78,95)(H,79,96)(H,81,98)(H,83,94)(H,84,99)(H,100,101)(H2,80,82,102)/t53?,57?,58-/m0/s1. The van der Waals surface area contributed by atoms with Gasteiger partial charge < -0.3 is 89.1 Å². The minimum absolute atomic E-state index is 0.0291. The number of nitrogens with one attached hydrogen (secondary N) is 7. The van der Waals surface area contributed by atoms with Gasteiger partial charge in [0, 0.05) is 118 Å². The number of unbranched alkanes of at least 4 members (excludes halogenated alkanes) is 2. The zero-order valence-electron chi connectivity index (χ0n) is 59.8. The van der Waals surface area contributed by atoms with E-state index in [2.05, 4.69) is 64.8 Å². The summed E-state index contributed by atoms with van der Waals surface area (Å²) in [5.74, 6) is -5.53. The van der Waals surface area contributed by atoms with Gasteiger partial charge in [0.1, 0.15) is 17.8 Å². The average molecular weight is 1590 g/mol. The maximum Gasteiger partial charge on any atom is 0.326 e. The average Bonchev–Trinajstić information content (AvgIpc) is 0.900. The normalized spacial score (nSPS) is 15.4. The summed E-state index contributed by atoms with van der Waals surface area (Å²) in [6, 6.07) is 17.6. The number of carboxylic acids is 1. The zero-order chi connectivity index (χ0) is 76.6. The number of likely N-dealkylation sites (tertiary alicyclic amines) is 1. The Morgan fingerprint density at radius 1 is 0.566 bits per heavy atom. The van der Waals surface area contributed by atoms with Gasteiger partial charge in [-0.15, -0.1) is 0 Å². The number of hydrogen-bond acceptors (Lipinski definition) is 21. The number of fused-ring (bicyclic) bond motifs is 1. The number of benzene rings is 3. The molecule has 2 aliphatic rings. The van der Waals surface area contributed by atoms with Crippen LogP contribution in [0.1, 0.15) is 79.3 Å². The predicted octanol–water partition coefficient (Wildman–Crippen LogP) is -1.22. The van der Waals surface area contributed by atoms with E-state index in [4.69, 9.17) is 41.9 Å². The van der Waals surface area contributed by atoms with Crippen LogP contribution in [0, 0.1) is 3.57 Å². The zero-order valence-corrected chi connectivity index (χ0v) is 62.0. The summed E-state index contributed by atoms with van der Waals surface area (Å²) in [6.07, 6.45) is 5.39. The molecule has 3 aromatic carbocycles. The third-order valence-electron chi connectivity index (χ3n) is 17.3. The fraction of sp³-hybridized carbons (Fsp3) is 0.535. The van der Waals surface area contributed by atoms with Gasteiger partial charge >= 0.3 is 12.0 Å². The summed E-state index contributed by atoms with van der Waals surface area (Å²) in [7, 11) is 0. The van der Waals surface area contributed by atoms with Gasteiger partial charge in [-0.3, -0.25) is 72.5 Å². The first kappa shape index (κ1) is 85.7. The number of aliphatic carboxylic acids is 1. The smallest absolute Gasteiger partial charge is 0.326 e. The first-order valence-electron chi connectivity index (χ1n) is 35.6. The maximum absolute atomic E-state index is 13.8. The van der Waals surface area contributed by atoms with Crippen LogP contribution in [0.25, 0.3) is 10.9 Å². The number of carbonyl (C=O) groups excluding carboxylic acids is 11. The molecular weight excluding hydrogens is 1490 g/mol. The van der Waals surface area contributed by atoms with Gasteiger partial charge in [-0.2, -0.15) is 0 Å². The molecule has 12 amide bonds. The van der Waals surface area contributed by atoms with Crippen LogP contribution in [0.5, 0.6) is 5.75 Å². The second-order valence-electron chi connectivity index (χ2n) is 25.8. The fourth-order valence-corrected chi connectivity index (χ4v) is 12.2. The summed E-state index contributed by atoms with van der Waals surface area (Å²) < 4.78 is 23.5. The molecule has 3 atom stereocenters. The number of urea groups is 1. The van der Waals surface area contributed by atoms with E-state index in [1.165, 1.54) is 6.20 Å². The molecule has 580 valence electrons. The lowest BCUT2D eigenvalue weighted by Crippen LogP contribution is -2.54. The molecule has 2 fully saturated rings. The lowest BCUT2D eigenvalue weighted by atomic mass is 10.0. The minimum Gasteiger partial charge on any atom is -0.484 e. The number of carbonyl (C=O) groups is 12. The van der Waals surface area contributed by atoms with E-state index in [9.17, 15) is 62.6 Å². The van der Waals surface area contributed by atoms with Gasteiger partial charge in [0.05, 0.1) is 89.9 Å². The van der Waals surface area contributed by atoms with Crippen LogP contribution in [0.15, 0.2) is 79.0 Å². The number of anilines is 1. The van der Waals surface area contributed by atoms with E-state index in [1.54, 1.807) is 53.4 Å². The van der Waals surface area contributed by atoms with Crippen molar-refractivity contribution in [3.8, 4) is 5.75 Å². The van der Waals surface area contributed by atoms with Gasteiger partial charge in [-0.05, 0) is 134 Å². The lowest BCUT2D eigenvalue weighted by molar-refractivity contribution is -0.142. The van der Waals surface area contributed by atoms with Crippen LogP contribution in [-0.4, -0.2) is 281 Å². The highest BCUT2D eigenvalue weighted by molar-refractivity contribution is 14.1. The second kappa shape index (κ2) is 47.3. The number of ether oxygens (including phenoxy) is 4. The monoisotopic (exact) mass is 1590 g/mol. The summed E-state index contributed by atoms with van der Waals surface area (Å²) >= 11 is 2.18. The van der Waals surface area contributed by atoms with Crippen LogP contribution >= 0.6 is 22.6 Å². The Kier molecular flexibility index (Phi) is 38.3. The highest BCUT2D eigenvalue weighted by Crippen LogP contribution is 2.23. The van der Waals surface area contributed by atoms with Crippen molar-refractivity contribution in [2.24, 2.45) is 22.9 Å². The third kappa shape index (κ3) is 33.9. The predicted molar refractivity (Wildman–Crippen MR) is 399 cm³/mol. The molecule has 0 saturated carbocycles. The molecule has 0 spiro atoms. The molecule has 0 radical (unpaired) electrons. The Bertz CT molecular complexity index is 3540. The van der Waals surface area contributed by atoms with Crippen LogP contribution in [0.3, 0.4) is 0 Å². The number of amides is 12. The van der Waals surface area contributed by atoms with E-state index < -0.39 is 71.5 Å². The largest absolute Gasteiger partial charge is 0.484 e. The molecule has 0 aliphatic carbocycles. The number of primary amides is 4. The van der Waals surface area contributed by atoms with Gasteiger partial charge in [0.2, 0.25) is 47.3 Å². The van der Waals surface area contributed by atoms with E-state index in [1.807, 2.05) is 43.9 Å². The van der Waals surface area contributed by atoms with Crippen molar-refractivity contribution in [2.75, 3.05) is 163 Å². The SMILES string of the molecule is NC(=O)CN1CCN(CC(N)=O)CCN(CC(N)=O)C(Cc2ccc(NC(=O)NCCCCC(NC(=O)CCOCCOCCOCCNC(=O)COc3ccc4c(C(=O)NCC(=O)N5CCCC5)ccnc4c3)C(=O)N[C@@H](CCCCNC(=O)Cc3ccc(I)cc3)C(=O)O)cc2)CN(CC(N)=O)CC1. The molecule has 106 heavy (non-hydrogen) atoms. The van der Waals surface area contributed by atoms with Crippen molar-refractivity contribution < 1.29 is 81.6 Å². The van der Waals surface area contributed by atoms with Crippen molar-refractivity contribution in [1.29, 1.82) is 0 Å².